The molecule has 0 saturated carbocycles. The minimum absolute atomic E-state index is 0.00107. The maximum absolute atomic E-state index is 13.4. The van der Waals surface area contributed by atoms with E-state index in [1.54, 1.807) is 60.7 Å². The number of imide groups is 2. The molecule has 1 fully saturated rings. The van der Waals surface area contributed by atoms with Crippen LogP contribution >= 0.6 is 0 Å². The van der Waals surface area contributed by atoms with Crippen LogP contribution in [-0.2, 0) is 25.4 Å². The fourth-order valence-corrected chi connectivity index (χ4v) is 7.71. The van der Waals surface area contributed by atoms with E-state index >= 15 is 0 Å². The monoisotopic (exact) mass is 937 g/mol. The van der Waals surface area contributed by atoms with Crippen molar-refractivity contribution in [3.63, 3.8) is 0 Å². The first kappa shape index (κ1) is 46.4. The maximum Gasteiger partial charge on any atom is 0.416 e. The predicted molar refractivity (Wildman–Crippen MR) is 246 cm³/mol. The molecular weight excluding hydrogens is 900 g/mol. The summed E-state index contributed by atoms with van der Waals surface area (Å²) in [7, 11) is 0. The number of ether oxygens (including phenoxy) is 1. The highest BCUT2D eigenvalue weighted by molar-refractivity contribution is 6.26. The number of rotatable bonds is 14. The van der Waals surface area contributed by atoms with Gasteiger partial charge in [-0.3, -0.25) is 44.0 Å². The zero-order chi connectivity index (χ0) is 48.8. The minimum atomic E-state index is -4.57. The highest BCUT2D eigenvalue weighted by Crippen LogP contribution is 2.35. The highest BCUT2D eigenvalue weighted by atomic mass is 19.4. The summed E-state index contributed by atoms with van der Waals surface area (Å²) in [5.41, 5.74) is 1.69. The van der Waals surface area contributed by atoms with Gasteiger partial charge in [-0.05, 0) is 104 Å². The summed E-state index contributed by atoms with van der Waals surface area (Å²) in [4.78, 5) is 94.3. The van der Waals surface area contributed by atoms with Crippen LogP contribution in [0.15, 0.2) is 115 Å². The van der Waals surface area contributed by atoms with Gasteiger partial charge in [0.15, 0.2) is 0 Å². The first-order chi connectivity index (χ1) is 33.1. The van der Waals surface area contributed by atoms with E-state index in [4.69, 9.17) is 4.74 Å². The van der Waals surface area contributed by atoms with Gasteiger partial charge in [-0.2, -0.15) is 18.4 Å². The summed E-state index contributed by atoms with van der Waals surface area (Å²) in [6.45, 7) is 0. The van der Waals surface area contributed by atoms with E-state index in [2.05, 4.69) is 43.0 Å². The van der Waals surface area contributed by atoms with Crippen molar-refractivity contribution in [3.05, 3.63) is 138 Å². The Morgan fingerprint density at radius 2 is 1.42 bits per heavy atom. The highest BCUT2D eigenvalue weighted by Gasteiger charge is 2.45. The number of piperidine rings is 1. The van der Waals surface area contributed by atoms with Gasteiger partial charge in [0.25, 0.3) is 11.8 Å². The Morgan fingerprint density at radius 1 is 0.754 bits per heavy atom. The van der Waals surface area contributed by atoms with E-state index in [0.717, 1.165) is 17.0 Å². The molecule has 20 heteroatoms. The zero-order valence-electron chi connectivity index (χ0n) is 36.0. The lowest BCUT2D eigenvalue weighted by Crippen LogP contribution is -2.54. The summed E-state index contributed by atoms with van der Waals surface area (Å²) < 4.78 is 45.3. The number of nitrogens with one attached hydrogen (secondary N) is 6. The van der Waals surface area contributed by atoms with Crippen LogP contribution in [0.4, 0.5) is 52.1 Å². The number of urea groups is 1. The van der Waals surface area contributed by atoms with Crippen molar-refractivity contribution in [3.8, 4) is 17.6 Å². The number of nitriles is 1. The second-order valence-corrected chi connectivity index (χ2v) is 15.8. The molecule has 348 valence electrons. The number of pyridine rings is 1. The molecule has 0 radical (unpaired) electrons. The predicted octanol–water partition coefficient (Wildman–Crippen LogP) is 8.84. The lowest BCUT2D eigenvalue weighted by Gasteiger charge is -2.27. The minimum Gasteiger partial charge on any atom is -0.457 e. The average Bonchev–Trinajstić information content (AvgIpc) is 3.57. The number of carbonyl (C=O) groups excluding carboxylic acids is 7. The van der Waals surface area contributed by atoms with Crippen molar-refractivity contribution < 1.29 is 51.5 Å². The van der Waals surface area contributed by atoms with Gasteiger partial charge >= 0.3 is 12.2 Å². The van der Waals surface area contributed by atoms with E-state index < -0.39 is 53.3 Å². The van der Waals surface area contributed by atoms with Crippen molar-refractivity contribution in [2.45, 2.75) is 50.7 Å². The third-order valence-corrected chi connectivity index (χ3v) is 11.0. The van der Waals surface area contributed by atoms with E-state index in [-0.39, 0.29) is 59.7 Å². The fraction of sp³-hybridized carbons (Fsp3) is 0.163. The van der Waals surface area contributed by atoms with Gasteiger partial charge in [-0.15, -0.1) is 0 Å². The van der Waals surface area contributed by atoms with Crippen LogP contribution in [0.2, 0.25) is 0 Å². The first-order valence-corrected chi connectivity index (χ1v) is 21.3. The SMILES string of the molecule is N#Cc1cnc2ccc(NC(=O)CCCCC(=O)Nc3cccc4c3C(=O)N(C3CCC(=O)NC3=O)C4=O)cc2c1Nc1ccc(Oc2cccc(NC(=O)Nc3cccc(C(F)(F)F)c3)c2)cc1. The second kappa shape index (κ2) is 19.8. The molecule has 2 aliphatic rings. The summed E-state index contributed by atoms with van der Waals surface area (Å²) in [6.07, 6.45) is -2.47. The molecule has 6 N–H and O–H groups in total. The Balaban J connectivity index is 0.836. The zero-order valence-corrected chi connectivity index (χ0v) is 36.0. The summed E-state index contributed by atoms with van der Waals surface area (Å²) >= 11 is 0. The summed E-state index contributed by atoms with van der Waals surface area (Å²) in [6, 6.07) is 27.1. The van der Waals surface area contributed by atoms with Crippen molar-refractivity contribution >= 4 is 86.5 Å². The van der Waals surface area contributed by atoms with Crippen LogP contribution in [0.5, 0.6) is 11.5 Å². The Kier molecular flexibility index (Phi) is 13.3. The number of benzene rings is 5. The number of nitrogens with zero attached hydrogens (tertiary/aromatic N) is 3. The number of anilines is 6. The number of hydrogen-bond donors (Lipinski definition) is 6. The Bertz CT molecular complexity index is 3120. The Labute approximate surface area is 390 Å². The Morgan fingerprint density at radius 3 is 2.13 bits per heavy atom. The van der Waals surface area contributed by atoms with Gasteiger partial charge in [-0.1, -0.05) is 18.2 Å². The number of fused-ring (bicyclic) bond motifs is 2. The molecule has 5 aromatic carbocycles. The van der Waals surface area contributed by atoms with Crippen LogP contribution in [0.1, 0.15) is 70.4 Å². The smallest absolute Gasteiger partial charge is 0.416 e. The number of unbranched alkanes of at least 4 members (excludes halogenated alkanes) is 1. The maximum atomic E-state index is 13.4. The number of amides is 8. The number of alkyl halides is 3. The van der Waals surface area contributed by atoms with Crippen molar-refractivity contribution in [1.29, 1.82) is 5.26 Å². The molecule has 8 rings (SSSR count). The number of carbonyl (C=O) groups is 7. The molecule has 0 bridgehead atoms. The van der Waals surface area contributed by atoms with Gasteiger partial charge in [0, 0.05) is 59.7 Å². The molecule has 8 amide bonds. The third-order valence-electron chi connectivity index (χ3n) is 11.0. The van der Waals surface area contributed by atoms with E-state index in [1.165, 1.54) is 42.6 Å². The van der Waals surface area contributed by atoms with Crippen molar-refractivity contribution in [1.82, 2.24) is 15.2 Å². The molecule has 1 saturated heterocycles. The van der Waals surface area contributed by atoms with E-state index in [0.29, 0.717) is 58.0 Å². The molecule has 3 heterocycles. The lowest BCUT2D eigenvalue weighted by molar-refractivity contribution is -0.138. The second-order valence-electron chi connectivity index (χ2n) is 15.8. The van der Waals surface area contributed by atoms with Gasteiger partial charge in [0.05, 0.1) is 39.1 Å². The van der Waals surface area contributed by atoms with Crippen LogP contribution in [0.25, 0.3) is 10.9 Å². The van der Waals surface area contributed by atoms with Crippen LogP contribution < -0.4 is 36.6 Å². The van der Waals surface area contributed by atoms with Crippen molar-refractivity contribution in [2.24, 2.45) is 0 Å². The molecule has 17 nitrogen and oxygen atoms in total. The number of hydrogen-bond acceptors (Lipinski definition) is 11. The van der Waals surface area contributed by atoms with E-state index in [9.17, 15) is 52.0 Å². The summed E-state index contributed by atoms with van der Waals surface area (Å²) in [5.74, 6) is -2.69. The molecule has 69 heavy (non-hydrogen) atoms. The molecule has 2 aliphatic heterocycles. The molecular formula is C49H38F3N9O8. The van der Waals surface area contributed by atoms with E-state index in [1.807, 2.05) is 0 Å². The molecule has 0 spiro atoms. The molecule has 1 atom stereocenters. The Hall–Kier alpha value is -9.12. The largest absolute Gasteiger partial charge is 0.457 e. The number of aromatic nitrogens is 1. The van der Waals surface area contributed by atoms with Crippen LogP contribution in [0, 0.1) is 11.3 Å². The number of halogens is 3. The van der Waals surface area contributed by atoms with Gasteiger partial charge in [0.2, 0.25) is 23.6 Å². The van der Waals surface area contributed by atoms with Crippen LogP contribution in [0.3, 0.4) is 0 Å². The molecule has 1 unspecified atom stereocenters. The molecule has 1 aromatic heterocycles. The molecule has 6 aromatic rings. The first-order valence-electron chi connectivity index (χ1n) is 21.3. The normalized spacial score (nSPS) is 14.3. The topological polar surface area (TPSA) is 241 Å². The lowest BCUT2D eigenvalue weighted by atomic mass is 10.0. The fourth-order valence-electron chi connectivity index (χ4n) is 7.71. The van der Waals surface area contributed by atoms with Gasteiger partial charge < -0.3 is 31.3 Å². The third kappa shape index (κ3) is 10.8. The van der Waals surface area contributed by atoms with Crippen LogP contribution in [-0.4, -0.2) is 57.4 Å². The standard InChI is InChI=1S/C49H38F3N9O8/c50-49(51,52)28-6-3-7-30(22-28)57-48(68)58-31-8-4-9-34(23-31)69-33-17-14-29(15-18-33)56-44-27(25-53)26-54-37-19-16-32(24-36(37)44)55-40(62)12-1-2-13-41(63)59-38-11-5-10-35-43(38)47(67)61(46(35)66)39-20-21-42(64)60-45(39)65/h3-11,14-19,22-24,26,39H,1-2,12-13,20-21H2,(H,54,56)(H,55,62)(H,59,63)(H2,57,58,68)(H,60,64,65). The summed E-state index contributed by atoms with van der Waals surface area (Å²) in [5, 5.41) is 26.4. The molecule has 0 aliphatic carbocycles. The van der Waals surface area contributed by atoms with Crippen molar-refractivity contribution in [2.75, 3.05) is 26.6 Å². The van der Waals surface area contributed by atoms with Gasteiger partial charge in [0.1, 0.15) is 23.6 Å². The average molecular weight is 938 g/mol. The quantitative estimate of drug-likeness (QED) is 0.0445. The van der Waals surface area contributed by atoms with Gasteiger partial charge in [-0.25, -0.2) is 4.79 Å².